The van der Waals surface area contributed by atoms with Gasteiger partial charge in [-0.15, -0.1) is 6.58 Å². The third-order valence-electron chi connectivity index (χ3n) is 1.36. The van der Waals surface area contributed by atoms with Gasteiger partial charge in [-0.3, -0.25) is 0 Å². The van der Waals surface area contributed by atoms with E-state index in [1.165, 1.54) is 6.42 Å². The third kappa shape index (κ3) is 5.07. The van der Waals surface area contributed by atoms with E-state index in [2.05, 4.69) is 20.4 Å². The van der Waals surface area contributed by atoms with E-state index in [-0.39, 0.29) is 0 Å². The highest BCUT2D eigenvalue weighted by atomic mass is 16.3. The average molecular weight is 178 g/mol. The summed E-state index contributed by atoms with van der Waals surface area (Å²) in [4.78, 5) is 0. The van der Waals surface area contributed by atoms with Gasteiger partial charge >= 0.3 is 0 Å². The zero-order valence-corrected chi connectivity index (χ0v) is 8.46. The maximum Gasteiger partial charge on any atom is 0.119 e. The molecule has 72 valence electrons. The molecule has 0 aliphatic rings. The topological polar surface area (TPSA) is 20.2 Å². The molecule has 1 aromatic carbocycles. The third-order valence-corrected chi connectivity index (χ3v) is 1.36. The molecule has 0 spiro atoms. The van der Waals surface area contributed by atoms with Crippen molar-refractivity contribution in [1.82, 2.24) is 0 Å². The molecule has 0 saturated heterocycles. The van der Waals surface area contributed by atoms with Crippen LogP contribution >= 0.6 is 0 Å². The predicted octanol–water partition coefficient (Wildman–Crippen LogP) is 3.54. The normalized spacial score (nSPS) is 8.46. The molecule has 0 aromatic heterocycles. The quantitative estimate of drug-likeness (QED) is 0.687. The Morgan fingerprint density at radius 1 is 1.31 bits per heavy atom. The van der Waals surface area contributed by atoms with Crippen molar-refractivity contribution in [2.45, 2.75) is 26.7 Å². The minimum Gasteiger partial charge on any atom is -0.508 e. The minimum absolute atomic E-state index is 0.349. The molecule has 1 nitrogen and oxygen atoms in total. The van der Waals surface area contributed by atoms with Crippen LogP contribution in [0.3, 0.4) is 0 Å². The number of allylic oxidation sites excluding steroid dienone is 1. The molecule has 1 heteroatoms. The van der Waals surface area contributed by atoms with E-state index in [9.17, 15) is 5.11 Å². The van der Waals surface area contributed by atoms with Gasteiger partial charge in [0.1, 0.15) is 5.75 Å². The van der Waals surface area contributed by atoms with Gasteiger partial charge in [-0.05, 0) is 18.1 Å². The second-order valence-electron chi connectivity index (χ2n) is 2.83. The maximum atomic E-state index is 9.19. The number of hydrogen-bond donors (Lipinski definition) is 1. The molecule has 0 amide bonds. The first-order chi connectivity index (χ1) is 6.26. The molecule has 0 radical (unpaired) electrons. The van der Waals surface area contributed by atoms with Gasteiger partial charge in [0.15, 0.2) is 0 Å². The van der Waals surface area contributed by atoms with Crippen LogP contribution in [0.25, 0.3) is 0 Å². The van der Waals surface area contributed by atoms with Gasteiger partial charge in [0.05, 0.1) is 0 Å². The first kappa shape index (κ1) is 11.8. The summed E-state index contributed by atoms with van der Waals surface area (Å²) in [5.74, 6) is 0.349. The zero-order chi connectivity index (χ0) is 10.1. The van der Waals surface area contributed by atoms with Crippen LogP contribution in [0, 0.1) is 0 Å². The van der Waals surface area contributed by atoms with E-state index < -0.39 is 0 Å². The van der Waals surface area contributed by atoms with Crippen molar-refractivity contribution in [1.29, 1.82) is 0 Å². The molecule has 0 unspecified atom stereocenters. The fourth-order valence-corrected chi connectivity index (χ4v) is 0.839. The standard InChI is InChI=1S/C9H10O.C3H8/c1-2-5-8-6-3-4-7-9(8)10;1-3-2/h2-4,6-7,10H,1,5H2;3H2,1-2H3. The molecule has 0 atom stereocenters. The number of hydrogen-bond acceptors (Lipinski definition) is 1. The van der Waals surface area contributed by atoms with Gasteiger partial charge in [-0.1, -0.05) is 44.5 Å². The number of para-hydroxylation sites is 1. The summed E-state index contributed by atoms with van der Waals surface area (Å²) in [6.45, 7) is 7.84. The Bertz CT molecular complexity index is 241. The van der Waals surface area contributed by atoms with Crippen LogP contribution in [0.2, 0.25) is 0 Å². The van der Waals surface area contributed by atoms with Gasteiger partial charge < -0.3 is 5.11 Å². The van der Waals surface area contributed by atoms with Gasteiger partial charge in [0.25, 0.3) is 0 Å². The van der Waals surface area contributed by atoms with Crippen molar-refractivity contribution >= 4 is 0 Å². The highest BCUT2D eigenvalue weighted by Crippen LogP contribution is 2.15. The fourth-order valence-electron chi connectivity index (χ4n) is 0.839. The van der Waals surface area contributed by atoms with Crippen LogP contribution in [0.15, 0.2) is 36.9 Å². The second kappa shape index (κ2) is 7.41. The lowest BCUT2D eigenvalue weighted by Gasteiger charge is -1.97. The Hall–Kier alpha value is -1.24. The van der Waals surface area contributed by atoms with Crippen molar-refractivity contribution in [2.75, 3.05) is 0 Å². The van der Waals surface area contributed by atoms with Crippen LogP contribution in [0.1, 0.15) is 25.8 Å². The van der Waals surface area contributed by atoms with Crippen LogP contribution in [-0.4, -0.2) is 5.11 Å². The summed E-state index contributed by atoms with van der Waals surface area (Å²) >= 11 is 0. The van der Waals surface area contributed by atoms with Crippen molar-refractivity contribution in [3.05, 3.63) is 42.5 Å². The molecule has 0 fully saturated rings. The summed E-state index contributed by atoms with van der Waals surface area (Å²) in [6.07, 6.45) is 3.75. The largest absolute Gasteiger partial charge is 0.508 e. The van der Waals surface area contributed by atoms with E-state index in [1.54, 1.807) is 12.1 Å². The van der Waals surface area contributed by atoms with Gasteiger partial charge in [0.2, 0.25) is 0 Å². The lowest BCUT2D eigenvalue weighted by Crippen LogP contribution is -1.79. The summed E-state index contributed by atoms with van der Waals surface area (Å²) in [5.41, 5.74) is 0.928. The lowest BCUT2D eigenvalue weighted by atomic mass is 10.1. The Kier molecular flexibility index (Phi) is 6.70. The number of benzene rings is 1. The smallest absolute Gasteiger partial charge is 0.119 e. The lowest BCUT2D eigenvalue weighted by molar-refractivity contribution is 0.470. The number of rotatable bonds is 2. The summed E-state index contributed by atoms with van der Waals surface area (Å²) in [6, 6.07) is 7.27. The second-order valence-corrected chi connectivity index (χ2v) is 2.83. The highest BCUT2D eigenvalue weighted by Gasteiger charge is 1.93. The number of phenols is 1. The summed E-state index contributed by atoms with van der Waals surface area (Å²) in [7, 11) is 0. The van der Waals surface area contributed by atoms with Gasteiger partial charge in [-0.2, -0.15) is 0 Å². The molecule has 0 aliphatic carbocycles. The average Bonchev–Trinajstić information content (AvgIpc) is 2.11. The zero-order valence-electron chi connectivity index (χ0n) is 8.46. The summed E-state index contributed by atoms with van der Waals surface area (Å²) in [5, 5.41) is 9.19. The van der Waals surface area contributed by atoms with Crippen LogP contribution in [0.4, 0.5) is 0 Å². The van der Waals surface area contributed by atoms with Crippen LogP contribution in [-0.2, 0) is 6.42 Å². The van der Waals surface area contributed by atoms with Gasteiger partial charge in [-0.25, -0.2) is 0 Å². The van der Waals surface area contributed by atoms with Crippen molar-refractivity contribution in [3.63, 3.8) is 0 Å². The predicted molar refractivity (Wildman–Crippen MR) is 58.0 cm³/mol. The van der Waals surface area contributed by atoms with Crippen molar-refractivity contribution in [3.8, 4) is 5.75 Å². The van der Waals surface area contributed by atoms with E-state index in [4.69, 9.17) is 0 Å². The van der Waals surface area contributed by atoms with E-state index in [0.717, 1.165) is 12.0 Å². The molecule has 1 rings (SSSR count). The molecule has 0 bridgehead atoms. The Balaban J connectivity index is 0.000000424. The van der Waals surface area contributed by atoms with E-state index in [1.807, 2.05) is 18.2 Å². The van der Waals surface area contributed by atoms with Crippen molar-refractivity contribution < 1.29 is 5.11 Å². The SMILES string of the molecule is C=CCc1ccccc1O.CCC. The number of aromatic hydroxyl groups is 1. The molecular weight excluding hydrogens is 160 g/mol. The molecule has 1 aromatic rings. The Morgan fingerprint density at radius 3 is 2.31 bits per heavy atom. The van der Waals surface area contributed by atoms with Gasteiger partial charge in [0, 0.05) is 0 Å². The first-order valence-electron chi connectivity index (χ1n) is 4.64. The molecule has 1 N–H and O–H groups in total. The number of phenolic OH excluding ortho intramolecular Hbond substituents is 1. The summed E-state index contributed by atoms with van der Waals surface area (Å²) < 4.78 is 0. The Morgan fingerprint density at radius 2 is 1.85 bits per heavy atom. The van der Waals surface area contributed by atoms with Crippen LogP contribution in [0.5, 0.6) is 5.75 Å². The van der Waals surface area contributed by atoms with Crippen molar-refractivity contribution in [2.24, 2.45) is 0 Å². The van der Waals surface area contributed by atoms with E-state index >= 15 is 0 Å². The first-order valence-corrected chi connectivity index (χ1v) is 4.64. The highest BCUT2D eigenvalue weighted by molar-refractivity contribution is 5.32. The Labute approximate surface area is 80.7 Å². The van der Waals surface area contributed by atoms with E-state index in [0.29, 0.717) is 5.75 Å². The molecule has 13 heavy (non-hydrogen) atoms. The molecule has 0 heterocycles. The molecule has 0 saturated carbocycles. The minimum atomic E-state index is 0.349. The molecular formula is C12H18O. The fraction of sp³-hybridized carbons (Fsp3) is 0.333. The monoisotopic (exact) mass is 178 g/mol. The maximum absolute atomic E-state index is 9.19. The molecule has 0 aliphatic heterocycles. The van der Waals surface area contributed by atoms with Crippen LogP contribution < -0.4 is 0 Å².